The first-order chi connectivity index (χ1) is 9.08. The number of nitrogens with one attached hydrogen (secondary N) is 1. The fraction of sp³-hybridized carbons (Fsp3) is 0.455. The number of nitro benzene ring substituents is 1. The van der Waals surface area contributed by atoms with Gasteiger partial charge in [-0.3, -0.25) is 10.1 Å². The molecule has 104 valence electrons. The average Bonchev–Trinajstić information content (AvgIpc) is 2.38. The highest BCUT2D eigenvalue weighted by atomic mass is 35.5. The Morgan fingerprint density at radius 3 is 2.58 bits per heavy atom. The molecule has 0 aliphatic carbocycles. The Bertz CT molecular complexity index is 459. The zero-order valence-corrected chi connectivity index (χ0v) is 13.0. The van der Waals surface area contributed by atoms with Gasteiger partial charge in [0.05, 0.1) is 20.7 Å². The first kappa shape index (κ1) is 15.1. The van der Waals surface area contributed by atoms with Crippen LogP contribution in [0.5, 0.6) is 0 Å². The van der Waals surface area contributed by atoms with Crippen molar-refractivity contribution < 1.29 is 4.92 Å². The Hall–Kier alpha value is -0.300. The lowest BCUT2D eigenvalue weighted by Crippen LogP contribution is -2.23. The van der Waals surface area contributed by atoms with Crippen LogP contribution in [0.25, 0.3) is 0 Å². The first-order valence-electron chi connectivity index (χ1n) is 5.64. The van der Waals surface area contributed by atoms with Gasteiger partial charge in [0.15, 0.2) is 0 Å². The number of nitrogens with zero attached hydrogens (tertiary/aromatic N) is 1. The Morgan fingerprint density at radius 1 is 1.37 bits per heavy atom. The molecular formula is C11H12Cl2N2O2S2. The van der Waals surface area contributed by atoms with Crippen molar-refractivity contribution in [3.63, 3.8) is 0 Å². The van der Waals surface area contributed by atoms with Gasteiger partial charge in [-0.05, 0) is 0 Å². The van der Waals surface area contributed by atoms with Crippen LogP contribution >= 0.6 is 46.7 Å². The zero-order chi connectivity index (χ0) is 13.8. The molecule has 0 spiro atoms. The van der Waals surface area contributed by atoms with Gasteiger partial charge in [0.2, 0.25) is 0 Å². The van der Waals surface area contributed by atoms with Crippen LogP contribution in [-0.4, -0.2) is 34.0 Å². The molecule has 1 fully saturated rings. The van der Waals surface area contributed by atoms with Crippen LogP contribution in [-0.2, 0) is 0 Å². The largest absolute Gasteiger partial charge is 0.381 e. The number of benzene rings is 1. The molecule has 0 radical (unpaired) electrons. The second-order valence-corrected chi connectivity index (χ2v) is 7.36. The smallest absolute Gasteiger partial charge is 0.272 e. The molecule has 19 heavy (non-hydrogen) atoms. The molecule has 1 saturated heterocycles. The fourth-order valence-electron chi connectivity index (χ4n) is 1.70. The van der Waals surface area contributed by atoms with Crippen molar-refractivity contribution in [2.24, 2.45) is 0 Å². The summed E-state index contributed by atoms with van der Waals surface area (Å²) in [5, 5.41) is 15.0. The summed E-state index contributed by atoms with van der Waals surface area (Å²) in [7, 11) is 0. The summed E-state index contributed by atoms with van der Waals surface area (Å²) in [6.07, 6.45) is 0. The molecule has 8 heteroatoms. The molecule has 1 heterocycles. The van der Waals surface area contributed by atoms with E-state index in [9.17, 15) is 10.1 Å². The van der Waals surface area contributed by atoms with Gasteiger partial charge in [-0.15, -0.1) is 0 Å². The van der Waals surface area contributed by atoms with Gasteiger partial charge in [-0.1, -0.05) is 23.2 Å². The molecule has 1 aromatic rings. The quantitative estimate of drug-likeness (QED) is 0.659. The predicted octanol–water partition coefficient (Wildman–Crippen LogP) is 4.16. The minimum atomic E-state index is -0.505. The number of hydrogen-bond acceptors (Lipinski definition) is 5. The third-order valence-corrected chi connectivity index (χ3v) is 6.07. The van der Waals surface area contributed by atoms with E-state index in [4.69, 9.17) is 23.2 Å². The van der Waals surface area contributed by atoms with E-state index >= 15 is 0 Å². The van der Waals surface area contributed by atoms with Crippen LogP contribution in [0, 0.1) is 10.1 Å². The maximum Gasteiger partial charge on any atom is 0.272 e. The Morgan fingerprint density at radius 2 is 2.05 bits per heavy atom. The van der Waals surface area contributed by atoms with Crippen LogP contribution in [0.1, 0.15) is 0 Å². The molecule has 1 aliphatic heterocycles. The van der Waals surface area contributed by atoms with Gasteiger partial charge in [0.25, 0.3) is 5.69 Å². The molecular weight excluding hydrogens is 327 g/mol. The minimum absolute atomic E-state index is 0.0943. The minimum Gasteiger partial charge on any atom is -0.381 e. The van der Waals surface area contributed by atoms with Crippen LogP contribution in [0.4, 0.5) is 11.4 Å². The van der Waals surface area contributed by atoms with Gasteiger partial charge in [-0.25, -0.2) is 0 Å². The maximum atomic E-state index is 10.7. The van der Waals surface area contributed by atoms with E-state index in [0.717, 1.165) is 18.1 Å². The van der Waals surface area contributed by atoms with E-state index in [1.54, 1.807) is 0 Å². The molecule has 1 aliphatic rings. The Labute approximate surface area is 129 Å². The lowest BCUT2D eigenvalue weighted by Gasteiger charge is -2.22. The van der Waals surface area contributed by atoms with E-state index in [1.807, 2.05) is 23.5 Å². The monoisotopic (exact) mass is 338 g/mol. The van der Waals surface area contributed by atoms with Crippen molar-refractivity contribution in [2.75, 3.05) is 29.1 Å². The SMILES string of the molecule is O=[N+]([O-])c1cc(Cl)c(NCC2CSCCS2)c(Cl)c1. The highest BCUT2D eigenvalue weighted by Gasteiger charge is 2.17. The van der Waals surface area contributed by atoms with Crippen LogP contribution in [0.2, 0.25) is 10.0 Å². The van der Waals surface area contributed by atoms with Gasteiger partial charge in [0, 0.05) is 41.2 Å². The van der Waals surface area contributed by atoms with Gasteiger partial charge in [-0.2, -0.15) is 23.5 Å². The average molecular weight is 339 g/mol. The summed E-state index contributed by atoms with van der Waals surface area (Å²) in [5.41, 5.74) is 0.480. The number of thioether (sulfide) groups is 2. The van der Waals surface area contributed by atoms with Crippen LogP contribution in [0.3, 0.4) is 0 Å². The van der Waals surface area contributed by atoms with E-state index in [2.05, 4.69) is 5.32 Å². The first-order valence-corrected chi connectivity index (χ1v) is 8.60. The third kappa shape index (κ3) is 4.08. The summed E-state index contributed by atoms with van der Waals surface area (Å²) < 4.78 is 0. The molecule has 0 amide bonds. The maximum absolute atomic E-state index is 10.7. The summed E-state index contributed by atoms with van der Waals surface area (Å²) in [6, 6.07) is 2.64. The van der Waals surface area contributed by atoms with Gasteiger partial charge >= 0.3 is 0 Å². The van der Waals surface area contributed by atoms with Crippen molar-refractivity contribution in [3.05, 3.63) is 32.3 Å². The number of halogens is 2. The van der Waals surface area contributed by atoms with Crippen molar-refractivity contribution >= 4 is 58.1 Å². The Balaban J connectivity index is 2.05. The molecule has 1 unspecified atom stereocenters. The van der Waals surface area contributed by atoms with Gasteiger partial charge in [0.1, 0.15) is 0 Å². The number of hydrogen-bond donors (Lipinski definition) is 1. The second-order valence-electron chi connectivity index (χ2n) is 3.99. The number of anilines is 1. The number of nitro groups is 1. The molecule has 0 saturated carbocycles. The number of rotatable bonds is 4. The van der Waals surface area contributed by atoms with Crippen molar-refractivity contribution in [3.8, 4) is 0 Å². The van der Waals surface area contributed by atoms with Crippen LogP contribution in [0.15, 0.2) is 12.1 Å². The highest BCUT2D eigenvalue weighted by Crippen LogP contribution is 2.35. The summed E-state index contributed by atoms with van der Waals surface area (Å²) >= 11 is 15.9. The normalized spacial score (nSPS) is 19.2. The second kappa shape index (κ2) is 6.92. The summed E-state index contributed by atoms with van der Waals surface area (Å²) in [4.78, 5) is 10.2. The fourth-order valence-corrected chi connectivity index (χ4v) is 4.93. The molecule has 0 bridgehead atoms. The summed E-state index contributed by atoms with van der Waals surface area (Å²) in [5.74, 6) is 3.44. The predicted molar refractivity (Wildman–Crippen MR) is 85.2 cm³/mol. The molecule has 1 N–H and O–H groups in total. The molecule has 1 aromatic carbocycles. The standard InChI is InChI=1S/C11H12Cl2N2O2S2/c12-9-3-7(15(16)17)4-10(13)11(9)14-5-8-6-18-1-2-19-8/h3-4,8,14H,1-2,5-6H2. The van der Waals surface area contributed by atoms with Crippen molar-refractivity contribution in [1.29, 1.82) is 0 Å². The summed E-state index contributed by atoms with van der Waals surface area (Å²) in [6.45, 7) is 0.759. The van der Waals surface area contributed by atoms with Crippen molar-refractivity contribution in [1.82, 2.24) is 0 Å². The van der Waals surface area contributed by atoms with E-state index in [0.29, 0.717) is 10.9 Å². The van der Waals surface area contributed by atoms with E-state index < -0.39 is 4.92 Å². The highest BCUT2D eigenvalue weighted by molar-refractivity contribution is 8.06. The van der Waals surface area contributed by atoms with E-state index in [-0.39, 0.29) is 15.7 Å². The van der Waals surface area contributed by atoms with Gasteiger partial charge < -0.3 is 5.32 Å². The van der Waals surface area contributed by atoms with Crippen molar-refractivity contribution in [2.45, 2.75) is 5.25 Å². The Kier molecular flexibility index (Phi) is 5.50. The molecule has 1 atom stereocenters. The molecule has 4 nitrogen and oxygen atoms in total. The lowest BCUT2D eigenvalue weighted by molar-refractivity contribution is -0.384. The third-order valence-electron chi connectivity index (χ3n) is 2.63. The molecule has 0 aromatic heterocycles. The number of non-ortho nitro benzene ring substituents is 1. The zero-order valence-electron chi connectivity index (χ0n) is 9.90. The topological polar surface area (TPSA) is 55.2 Å². The lowest BCUT2D eigenvalue weighted by atomic mass is 10.2. The molecule has 2 rings (SSSR count). The van der Waals surface area contributed by atoms with E-state index in [1.165, 1.54) is 17.9 Å². The van der Waals surface area contributed by atoms with Crippen LogP contribution < -0.4 is 5.32 Å².